The Hall–Kier alpha value is -5.09. The summed E-state index contributed by atoms with van der Waals surface area (Å²) >= 11 is 0. The van der Waals surface area contributed by atoms with Crippen LogP contribution in [0.5, 0.6) is 5.75 Å². The Morgan fingerprint density at radius 2 is 1.38 bits per heavy atom. The van der Waals surface area contributed by atoms with Gasteiger partial charge in [-0.05, 0) is 59.7 Å². The minimum atomic E-state index is -0.589. The highest BCUT2D eigenvalue weighted by Crippen LogP contribution is 2.52. The normalized spacial score (nSPS) is 19.6. The van der Waals surface area contributed by atoms with E-state index in [9.17, 15) is 20.2 Å². The number of methoxy groups -OCH3 is 1. The lowest BCUT2D eigenvalue weighted by atomic mass is 9.93. The maximum atomic E-state index is 11.3. The number of anilines is 1. The van der Waals surface area contributed by atoms with Crippen LogP contribution in [-0.4, -0.2) is 28.9 Å². The first-order valence-electron chi connectivity index (χ1n) is 12.2. The third-order valence-electron chi connectivity index (χ3n) is 7.01. The van der Waals surface area contributed by atoms with E-state index >= 15 is 0 Å². The molecule has 10 nitrogen and oxygen atoms in total. The van der Waals surface area contributed by atoms with Crippen molar-refractivity contribution in [1.82, 2.24) is 0 Å². The van der Waals surface area contributed by atoms with Gasteiger partial charge >= 0.3 is 0 Å². The number of benzene rings is 4. The van der Waals surface area contributed by atoms with Crippen LogP contribution in [0.2, 0.25) is 0 Å². The predicted octanol–water partition coefficient (Wildman–Crippen LogP) is 6.29. The van der Waals surface area contributed by atoms with Gasteiger partial charge in [-0.3, -0.25) is 20.2 Å². The van der Waals surface area contributed by atoms with Crippen molar-refractivity contribution in [3.05, 3.63) is 134 Å². The van der Waals surface area contributed by atoms with Crippen LogP contribution in [0.4, 0.5) is 22.7 Å². The second-order valence-electron chi connectivity index (χ2n) is 9.17. The molecule has 0 unspecified atom stereocenters. The molecule has 4 aromatic rings. The summed E-state index contributed by atoms with van der Waals surface area (Å²) in [6.45, 7) is 0. The van der Waals surface area contributed by atoms with E-state index in [1.165, 1.54) is 24.3 Å². The van der Waals surface area contributed by atoms with Gasteiger partial charge in [0.2, 0.25) is 0 Å². The molecule has 3 atom stereocenters. The number of fused-ring (bicyclic) bond motifs is 3. The van der Waals surface area contributed by atoms with Gasteiger partial charge in [0.25, 0.3) is 11.4 Å². The Balaban J connectivity index is 1.51. The van der Waals surface area contributed by atoms with Crippen LogP contribution < -0.4 is 9.64 Å². The van der Waals surface area contributed by atoms with Crippen molar-refractivity contribution in [2.75, 3.05) is 12.0 Å². The number of non-ortho nitro benzene ring substituents is 2. The highest BCUT2D eigenvalue weighted by Gasteiger charge is 2.48. The van der Waals surface area contributed by atoms with Gasteiger partial charge in [-0.1, -0.05) is 24.3 Å². The maximum Gasteiger partial charge on any atom is 0.269 e. The zero-order valence-electron chi connectivity index (χ0n) is 20.7. The van der Waals surface area contributed by atoms with E-state index in [0.29, 0.717) is 11.5 Å². The molecule has 2 aliphatic heterocycles. The van der Waals surface area contributed by atoms with Crippen molar-refractivity contribution < 1.29 is 19.3 Å². The summed E-state index contributed by atoms with van der Waals surface area (Å²) in [6.07, 6.45) is -1.14. The largest absolute Gasteiger partial charge is 0.497 e. The molecule has 0 aromatic heterocycles. The number of nitrogens with zero attached hydrogens (tertiary/aromatic N) is 4. The molecule has 194 valence electrons. The average Bonchev–Trinajstić information content (AvgIpc) is 3.38. The molecule has 2 heterocycles. The van der Waals surface area contributed by atoms with Crippen molar-refractivity contribution in [3.63, 3.8) is 0 Å². The third-order valence-corrected chi connectivity index (χ3v) is 7.01. The van der Waals surface area contributed by atoms with E-state index in [0.717, 1.165) is 28.1 Å². The summed E-state index contributed by atoms with van der Waals surface area (Å²) < 4.78 is 12.1. The lowest BCUT2D eigenvalue weighted by molar-refractivity contribution is -0.385. The fourth-order valence-corrected chi connectivity index (χ4v) is 5.15. The molecule has 10 heteroatoms. The second kappa shape index (κ2) is 9.66. The van der Waals surface area contributed by atoms with Crippen LogP contribution >= 0.6 is 0 Å². The number of nitro groups is 2. The van der Waals surface area contributed by atoms with E-state index in [-0.39, 0.29) is 11.4 Å². The van der Waals surface area contributed by atoms with E-state index in [2.05, 4.69) is 4.90 Å². The Labute approximate surface area is 223 Å². The maximum absolute atomic E-state index is 11.3. The van der Waals surface area contributed by atoms with Crippen molar-refractivity contribution in [3.8, 4) is 5.75 Å². The van der Waals surface area contributed by atoms with Gasteiger partial charge in [0.15, 0.2) is 6.23 Å². The number of aliphatic imine (C=N–C) groups is 1. The Morgan fingerprint density at radius 1 is 0.795 bits per heavy atom. The summed E-state index contributed by atoms with van der Waals surface area (Å²) in [6, 6.07) is 27.6. The Kier molecular flexibility index (Phi) is 6.01. The zero-order valence-corrected chi connectivity index (χ0v) is 20.7. The SMILES string of the molecule is COc1ccc(C2=Nc3ccccc3N3[C@H]2O[C@H](c2ccc([N+](=O)[O-])cc2)[C@@H]3c2ccc([N+](=O)[O-])cc2)cc1. The molecular formula is C29H22N4O6. The Bertz CT molecular complexity index is 1590. The average molecular weight is 523 g/mol. The summed E-state index contributed by atoms with van der Waals surface area (Å²) in [5.41, 5.74) is 4.68. The van der Waals surface area contributed by atoms with Gasteiger partial charge in [0.05, 0.1) is 40.1 Å². The van der Waals surface area contributed by atoms with E-state index in [1.54, 1.807) is 31.4 Å². The lowest BCUT2D eigenvalue weighted by Gasteiger charge is -2.35. The van der Waals surface area contributed by atoms with E-state index < -0.39 is 28.2 Å². The topological polar surface area (TPSA) is 120 Å². The molecular weight excluding hydrogens is 500 g/mol. The van der Waals surface area contributed by atoms with Crippen molar-refractivity contribution >= 4 is 28.5 Å². The van der Waals surface area contributed by atoms with Gasteiger partial charge in [-0.2, -0.15) is 0 Å². The Morgan fingerprint density at radius 3 is 1.97 bits per heavy atom. The first kappa shape index (κ1) is 24.3. The summed E-state index contributed by atoms with van der Waals surface area (Å²) in [7, 11) is 1.61. The molecule has 0 amide bonds. The lowest BCUT2D eigenvalue weighted by Crippen LogP contribution is -2.41. The van der Waals surface area contributed by atoms with Crippen molar-refractivity contribution in [1.29, 1.82) is 0 Å². The van der Waals surface area contributed by atoms with Crippen molar-refractivity contribution in [2.24, 2.45) is 4.99 Å². The van der Waals surface area contributed by atoms with Gasteiger partial charge in [0, 0.05) is 29.8 Å². The molecule has 39 heavy (non-hydrogen) atoms. The summed E-state index contributed by atoms with van der Waals surface area (Å²) in [5, 5.41) is 22.6. The molecule has 0 N–H and O–H groups in total. The van der Waals surface area contributed by atoms with Crippen LogP contribution in [0, 0.1) is 20.2 Å². The van der Waals surface area contributed by atoms with Crippen LogP contribution in [0.25, 0.3) is 0 Å². The van der Waals surface area contributed by atoms with Crippen molar-refractivity contribution in [2.45, 2.75) is 18.4 Å². The second-order valence-corrected chi connectivity index (χ2v) is 9.17. The van der Waals surface area contributed by atoms with Crippen LogP contribution in [-0.2, 0) is 4.74 Å². The fraction of sp³-hybridized carbons (Fsp3) is 0.138. The number of nitro benzene ring substituents is 2. The zero-order chi connectivity index (χ0) is 27.1. The van der Waals surface area contributed by atoms with E-state index in [4.69, 9.17) is 14.5 Å². The number of hydrogen-bond donors (Lipinski definition) is 0. The molecule has 1 fully saturated rings. The predicted molar refractivity (Wildman–Crippen MR) is 145 cm³/mol. The fourth-order valence-electron chi connectivity index (χ4n) is 5.15. The van der Waals surface area contributed by atoms with Gasteiger partial charge < -0.3 is 14.4 Å². The molecule has 0 saturated carbocycles. The molecule has 4 aromatic carbocycles. The number of hydrogen-bond acceptors (Lipinski definition) is 8. The third kappa shape index (κ3) is 4.26. The monoisotopic (exact) mass is 522 g/mol. The van der Waals surface area contributed by atoms with Gasteiger partial charge in [-0.25, -0.2) is 4.99 Å². The number of para-hydroxylation sites is 2. The summed E-state index contributed by atoms with van der Waals surface area (Å²) in [4.78, 5) is 28.8. The summed E-state index contributed by atoms with van der Waals surface area (Å²) in [5.74, 6) is 0.715. The number of ether oxygens (including phenoxy) is 2. The molecule has 0 spiro atoms. The molecule has 6 rings (SSSR count). The molecule has 0 aliphatic carbocycles. The smallest absolute Gasteiger partial charge is 0.269 e. The molecule has 2 aliphatic rings. The molecule has 1 saturated heterocycles. The highest BCUT2D eigenvalue weighted by molar-refractivity contribution is 6.09. The first-order chi connectivity index (χ1) is 18.9. The minimum Gasteiger partial charge on any atom is -0.497 e. The molecule has 0 bridgehead atoms. The van der Waals surface area contributed by atoms with Crippen LogP contribution in [0.3, 0.4) is 0 Å². The quantitative estimate of drug-likeness (QED) is 0.215. The highest BCUT2D eigenvalue weighted by atomic mass is 16.6. The standard InChI is InChI=1S/C29H22N4O6/c1-38-23-16-10-18(11-17-23)26-29-31(25-5-3-2-4-24(25)30-26)27(19-6-12-21(13-7-19)32(34)35)28(39-29)20-8-14-22(15-9-20)33(36)37/h2-17,27-29H,1H3/t27-,28+,29-/m0/s1. The number of rotatable bonds is 6. The van der Waals surface area contributed by atoms with Gasteiger partial charge in [0.1, 0.15) is 11.9 Å². The van der Waals surface area contributed by atoms with Crippen LogP contribution in [0.1, 0.15) is 28.8 Å². The minimum absolute atomic E-state index is 0.0133. The van der Waals surface area contributed by atoms with Gasteiger partial charge in [-0.15, -0.1) is 0 Å². The van der Waals surface area contributed by atoms with E-state index in [1.807, 2.05) is 48.5 Å². The van der Waals surface area contributed by atoms with Crippen LogP contribution in [0.15, 0.2) is 102 Å². The first-order valence-corrected chi connectivity index (χ1v) is 12.2. The molecule has 0 radical (unpaired) electrons.